The second-order valence-corrected chi connectivity index (χ2v) is 5.69. The van der Waals surface area contributed by atoms with Crippen LogP contribution in [-0.4, -0.2) is 23.5 Å². The maximum atomic E-state index is 12.5. The second kappa shape index (κ2) is 6.91. The molecule has 0 aliphatic heterocycles. The first-order valence-electron chi connectivity index (χ1n) is 6.58. The van der Waals surface area contributed by atoms with E-state index in [4.69, 9.17) is 9.47 Å². The molecule has 1 aromatic carbocycles. The fraction of sp³-hybridized carbons (Fsp3) is 0.267. The highest BCUT2D eigenvalue weighted by molar-refractivity contribution is 14.1. The highest BCUT2D eigenvalue weighted by atomic mass is 127. The Bertz CT molecular complexity index is 796. The lowest BCUT2D eigenvalue weighted by atomic mass is 10.1. The molecule has 7 heteroatoms. The van der Waals surface area contributed by atoms with Gasteiger partial charge in [0, 0.05) is 22.1 Å². The van der Waals surface area contributed by atoms with Gasteiger partial charge in [-0.1, -0.05) is 0 Å². The van der Waals surface area contributed by atoms with Gasteiger partial charge in [0.25, 0.3) is 0 Å². The predicted molar refractivity (Wildman–Crippen MR) is 88.7 cm³/mol. The first-order chi connectivity index (χ1) is 10.4. The van der Waals surface area contributed by atoms with Crippen LogP contribution in [0.25, 0.3) is 10.9 Å². The van der Waals surface area contributed by atoms with Gasteiger partial charge in [-0.05, 0) is 47.2 Å². The van der Waals surface area contributed by atoms with Crippen molar-refractivity contribution in [1.29, 1.82) is 0 Å². The molecule has 0 aliphatic carbocycles. The van der Waals surface area contributed by atoms with Gasteiger partial charge in [-0.2, -0.15) is 0 Å². The van der Waals surface area contributed by atoms with Crippen LogP contribution in [0.15, 0.2) is 23.1 Å². The molecule has 0 unspecified atom stereocenters. The van der Waals surface area contributed by atoms with E-state index < -0.39 is 17.4 Å². The van der Waals surface area contributed by atoms with E-state index >= 15 is 0 Å². The molecule has 0 saturated carbocycles. The molecule has 1 N–H and O–H groups in total. The first-order valence-corrected chi connectivity index (χ1v) is 7.66. The number of hydrogen-bond donors (Lipinski definition) is 1. The van der Waals surface area contributed by atoms with Crippen molar-refractivity contribution in [3.63, 3.8) is 0 Å². The number of fused-ring (bicyclic) bond motifs is 1. The van der Waals surface area contributed by atoms with E-state index in [0.29, 0.717) is 16.5 Å². The molecule has 6 nitrogen and oxygen atoms in total. The molecule has 2 aromatic rings. The average molecular weight is 415 g/mol. The number of ether oxygens (including phenoxy) is 2. The minimum absolute atomic E-state index is 0.0465. The largest absolute Gasteiger partial charge is 0.462 e. The van der Waals surface area contributed by atoms with Crippen LogP contribution in [0.4, 0.5) is 0 Å². The average Bonchev–Trinajstić information content (AvgIpc) is 2.46. The van der Waals surface area contributed by atoms with E-state index in [1.807, 2.05) is 6.07 Å². The fourth-order valence-electron chi connectivity index (χ4n) is 1.97. The molecule has 116 valence electrons. The van der Waals surface area contributed by atoms with Gasteiger partial charge in [-0.3, -0.25) is 9.59 Å². The standard InChI is InChI=1S/C15H14INO5/c1-3-21-15(20)11-6-17-13-10(14(11)19)4-9(5-12(13)16)7-22-8(2)18/h4-6H,3,7H2,1-2H3,(H,17,19). The second-order valence-electron chi connectivity index (χ2n) is 4.53. The van der Waals surface area contributed by atoms with Gasteiger partial charge < -0.3 is 14.5 Å². The zero-order valence-electron chi connectivity index (χ0n) is 12.1. The summed E-state index contributed by atoms with van der Waals surface area (Å²) in [5.74, 6) is -1.06. The predicted octanol–water partition coefficient (Wildman–Crippen LogP) is 2.37. The van der Waals surface area contributed by atoms with Crippen molar-refractivity contribution in [2.24, 2.45) is 0 Å². The number of rotatable bonds is 4. The van der Waals surface area contributed by atoms with Crippen LogP contribution in [0, 0.1) is 3.57 Å². The molecule has 0 bridgehead atoms. The van der Waals surface area contributed by atoms with Gasteiger partial charge in [-0.25, -0.2) is 4.79 Å². The van der Waals surface area contributed by atoms with Crippen molar-refractivity contribution in [2.75, 3.05) is 6.61 Å². The molecule has 22 heavy (non-hydrogen) atoms. The Morgan fingerprint density at radius 1 is 1.27 bits per heavy atom. The number of pyridine rings is 1. The van der Waals surface area contributed by atoms with Crippen LogP contribution in [0.3, 0.4) is 0 Å². The molecule has 0 saturated heterocycles. The minimum atomic E-state index is -0.661. The number of hydrogen-bond acceptors (Lipinski definition) is 5. The zero-order chi connectivity index (χ0) is 16.3. The van der Waals surface area contributed by atoms with Crippen molar-refractivity contribution in [3.8, 4) is 0 Å². The highest BCUT2D eigenvalue weighted by Crippen LogP contribution is 2.20. The van der Waals surface area contributed by atoms with Crippen LogP contribution in [0.1, 0.15) is 29.8 Å². The molecule has 0 amide bonds. The number of aromatic amines is 1. The lowest BCUT2D eigenvalue weighted by Gasteiger charge is -2.08. The Morgan fingerprint density at radius 2 is 2.00 bits per heavy atom. The fourth-order valence-corrected chi connectivity index (χ4v) is 2.82. The summed E-state index contributed by atoms with van der Waals surface area (Å²) in [4.78, 5) is 38.1. The van der Waals surface area contributed by atoms with Gasteiger partial charge in [-0.15, -0.1) is 0 Å². The molecule has 0 aliphatic rings. The monoisotopic (exact) mass is 415 g/mol. The Labute approximate surface area is 139 Å². The van der Waals surface area contributed by atoms with Gasteiger partial charge in [0.1, 0.15) is 12.2 Å². The molecule has 1 aromatic heterocycles. The van der Waals surface area contributed by atoms with Crippen molar-refractivity contribution >= 4 is 45.4 Å². The van der Waals surface area contributed by atoms with E-state index in [9.17, 15) is 14.4 Å². The van der Waals surface area contributed by atoms with Crippen LogP contribution in [-0.2, 0) is 20.9 Å². The topological polar surface area (TPSA) is 85.5 Å². The molecule has 0 fully saturated rings. The number of nitrogens with one attached hydrogen (secondary N) is 1. The van der Waals surface area contributed by atoms with Crippen LogP contribution in [0.2, 0.25) is 0 Å². The number of H-pyrrole nitrogens is 1. The van der Waals surface area contributed by atoms with Gasteiger partial charge in [0.15, 0.2) is 0 Å². The summed E-state index contributed by atoms with van der Waals surface area (Å²) < 4.78 is 10.6. The van der Waals surface area contributed by atoms with Gasteiger partial charge in [0.2, 0.25) is 5.43 Å². The van der Waals surface area contributed by atoms with Crippen molar-refractivity contribution in [2.45, 2.75) is 20.5 Å². The number of esters is 2. The summed E-state index contributed by atoms with van der Waals surface area (Å²) in [7, 11) is 0. The highest BCUT2D eigenvalue weighted by Gasteiger charge is 2.15. The van der Waals surface area contributed by atoms with E-state index in [1.54, 1.807) is 13.0 Å². The summed E-state index contributed by atoms with van der Waals surface area (Å²) in [6.45, 7) is 3.26. The summed E-state index contributed by atoms with van der Waals surface area (Å²) in [5, 5.41) is 0.361. The summed E-state index contributed by atoms with van der Waals surface area (Å²) in [6.07, 6.45) is 1.36. The smallest absolute Gasteiger partial charge is 0.343 e. The van der Waals surface area contributed by atoms with E-state index in [-0.39, 0.29) is 18.8 Å². The zero-order valence-corrected chi connectivity index (χ0v) is 14.2. The molecular formula is C15H14INO5. The van der Waals surface area contributed by atoms with Crippen molar-refractivity contribution in [3.05, 3.63) is 43.2 Å². The van der Waals surface area contributed by atoms with Gasteiger partial charge >= 0.3 is 11.9 Å². The number of halogens is 1. The summed E-state index contributed by atoms with van der Waals surface area (Å²) >= 11 is 2.08. The maximum absolute atomic E-state index is 12.5. The Balaban J connectivity index is 2.54. The summed E-state index contributed by atoms with van der Waals surface area (Å²) in [5.41, 5.74) is 0.855. The number of benzene rings is 1. The Hall–Kier alpha value is -1.90. The van der Waals surface area contributed by atoms with Crippen LogP contribution in [0.5, 0.6) is 0 Å². The van der Waals surface area contributed by atoms with E-state index in [0.717, 1.165) is 3.57 Å². The number of carbonyl (C=O) groups excluding carboxylic acids is 2. The molecule has 0 spiro atoms. The maximum Gasteiger partial charge on any atom is 0.343 e. The number of aromatic nitrogens is 1. The summed E-state index contributed by atoms with van der Waals surface area (Å²) in [6, 6.07) is 3.42. The third kappa shape index (κ3) is 3.46. The minimum Gasteiger partial charge on any atom is -0.462 e. The first kappa shape index (κ1) is 16.5. The molecule has 1 heterocycles. The molecule has 0 atom stereocenters. The Morgan fingerprint density at radius 3 is 2.64 bits per heavy atom. The normalized spacial score (nSPS) is 10.5. The third-order valence-electron chi connectivity index (χ3n) is 2.94. The van der Waals surface area contributed by atoms with Crippen LogP contribution >= 0.6 is 22.6 Å². The Kier molecular flexibility index (Phi) is 5.17. The van der Waals surface area contributed by atoms with Crippen molar-refractivity contribution < 1.29 is 19.1 Å². The van der Waals surface area contributed by atoms with E-state index in [1.165, 1.54) is 13.1 Å². The lowest BCUT2D eigenvalue weighted by Crippen LogP contribution is -2.18. The van der Waals surface area contributed by atoms with Crippen LogP contribution < -0.4 is 5.43 Å². The van der Waals surface area contributed by atoms with Gasteiger partial charge in [0.05, 0.1) is 12.1 Å². The third-order valence-corrected chi connectivity index (χ3v) is 3.79. The number of carbonyl (C=O) groups is 2. The SMILES string of the molecule is CCOC(=O)c1c[nH]c2c(I)cc(COC(C)=O)cc2c1=O. The van der Waals surface area contributed by atoms with E-state index in [2.05, 4.69) is 27.6 Å². The molecule has 0 radical (unpaired) electrons. The quantitative estimate of drug-likeness (QED) is 0.613. The lowest BCUT2D eigenvalue weighted by molar-refractivity contribution is -0.142. The molecule has 2 rings (SSSR count). The van der Waals surface area contributed by atoms with Crippen molar-refractivity contribution in [1.82, 2.24) is 4.98 Å². The molecular weight excluding hydrogens is 401 g/mol.